The molecule has 3 aromatic carbocycles. The Kier molecular flexibility index (Phi) is 11.3. The first-order valence-electron chi connectivity index (χ1n) is 27.0. The number of benzene rings is 3. The molecule has 2 aliphatic carbocycles. The number of rotatable bonds is 11. The molecule has 13 rings (SSSR count). The topological polar surface area (TPSA) is 160 Å². The molecule has 3 unspecified atom stereocenters. The van der Waals surface area contributed by atoms with E-state index in [1.54, 1.807) is 23.2 Å². The lowest BCUT2D eigenvalue weighted by Crippen LogP contribution is -2.59. The van der Waals surface area contributed by atoms with Crippen LogP contribution in [0.25, 0.3) is 32.9 Å². The van der Waals surface area contributed by atoms with Crippen LogP contribution in [-0.4, -0.2) is 137 Å². The number of fused-ring (bicyclic) bond motifs is 5. The predicted molar refractivity (Wildman–Crippen MR) is 279 cm³/mol. The van der Waals surface area contributed by atoms with Gasteiger partial charge in [0, 0.05) is 98.9 Å². The van der Waals surface area contributed by atoms with E-state index >= 15 is 4.39 Å². The minimum absolute atomic E-state index is 0.0228. The third-order valence-electron chi connectivity index (χ3n) is 18.5. The van der Waals surface area contributed by atoms with Crippen molar-refractivity contribution in [2.75, 3.05) is 80.2 Å². The van der Waals surface area contributed by atoms with E-state index in [-0.39, 0.29) is 46.6 Å². The third kappa shape index (κ3) is 8.17. The predicted octanol–water partition coefficient (Wildman–Crippen LogP) is 6.85. The van der Waals surface area contributed by atoms with Gasteiger partial charge in [-0.05, 0) is 149 Å². The zero-order valence-corrected chi connectivity index (χ0v) is 42.4. The minimum atomic E-state index is -0.766. The summed E-state index contributed by atoms with van der Waals surface area (Å²) in [5.74, 6) is -0.582. The van der Waals surface area contributed by atoms with Gasteiger partial charge in [0.2, 0.25) is 17.7 Å². The van der Waals surface area contributed by atoms with Crippen molar-refractivity contribution in [1.29, 1.82) is 0 Å². The minimum Gasteiger partial charge on any atom is -0.508 e. The summed E-state index contributed by atoms with van der Waals surface area (Å²) >= 11 is 0. The molecule has 8 heterocycles. The molecule has 6 aliphatic heterocycles. The van der Waals surface area contributed by atoms with Crippen LogP contribution in [0.1, 0.15) is 96.1 Å². The van der Waals surface area contributed by atoms with Gasteiger partial charge in [0.25, 0.3) is 0 Å². The number of halogens is 1. The number of carbonyl (C=O) groups excluding carboxylic acids is 3. The fourth-order valence-corrected chi connectivity index (χ4v) is 14.0. The summed E-state index contributed by atoms with van der Waals surface area (Å²) < 4.78 is 23.8. The van der Waals surface area contributed by atoms with Crippen LogP contribution in [0.2, 0.25) is 0 Å². The molecule has 16 heteroatoms. The molecule has 8 aliphatic rings. The van der Waals surface area contributed by atoms with Crippen LogP contribution in [0, 0.1) is 16.6 Å². The zero-order chi connectivity index (χ0) is 50.0. The molecule has 2 saturated carbocycles. The number of piperidine rings is 2. The summed E-state index contributed by atoms with van der Waals surface area (Å²) in [6, 6.07) is 16.4. The number of anilines is 3. The molecule has 3 atom stereocenters. The van der Waals surface area contributed by atoms with Crippen LogP contribution in [0.3, 0.4) is 0 Å². The van der Waals surface area contributed by atoms with E-state index in [0.717, 1.165) is 124 Å². The monoisotopic (exact) mass is 991 g/mol. The van der Waals surface area contributed by atoms with E-state index < -0.39 is 23.2 Å². The van der Waals surface area contributed by atoms with Crippen molar-refractivity contribution in [2.45, 2.75) is 121 Å². The van der Waals surface area contributed by atoms with Gasteiger partial charge in [-0.1, -0.05) is 25.1 Å². The van der Waals surface area contributed by atoms with Crippen molar-refractivity contribution in [2.24, 2.45) is 10.8 Å². The lowest BCUT2D eigenvalue weighted by Gasteiger charge is -2.56. The average molecular weight is 991 g/mol. The largest absolute Gasteiger partial charge is 0.508 e. The van der Waals surface area contributed by atoms with E-state index in [2.05, 4.69) is 49.3 Å². The van der Waals surface area contributed by atoms with Gasteiger partial charge in [0.05, 0.1) is 17.4 Å². The molecule has 5 saturated heterocycles. The number of nitrogens with one attached hydrogen (secondary N) is 2. The number of aryl methyl sites for hydroxylation is 1. The van der Waals surface area contributed by atoms with Crippen molar-refractivity contribution < 1.29 is 28.6 Å². The Morgan fingerprint density at radius 3 is 2.37 bits per heavy atom. The number of phenolic OH excluding ortho intramolecular Hbond substituents is 1. The molecule has 7 fully saturated rings. The van der Waals surface area contributed by atoms with E-state index in [4.69, 9.17) is 19.7 Å². The Labute approximate surface area is 425 Å². The number of amides is 3. The first kappa shape index (κ1) is 46.8. The van der Waals surface area contributed by atoms with E-state index in [0.29, 0.717) is 53.3 Å². The summed E-state index contributed by atoms with van der Waals surface area (Å²) in [4.78, 5) is 64.7. The number of aromatic hydroxyl groups is 1. The van der Waals surface area contributed by atoms with Crippen LogP contribution < -0.4 is 30.1 Å². The number of pyridine rings is 1. The fraction of sp³-hybridized carbons (Fsp3) is 0.544. The van der Waals surface area contributed by atoms with Crippen LogP contribution in [-0.2, 0) is 26.2 Å². The number of nitrogens with zero attached hydrogens (tertiary/aromatic N) is 8. The summed E-state index contributed by atoms with van der Waals surface area (Å²) in [6.45, 7) is 15.0. The van der Waals surface area contributed by atoms with Gasteiger partial charge >= 0.3 is 6.01 Å². The van der Waals surface area contributed by atoms with Gasteiger partial charge in [0.15, 0.2) is 5.82 Å². The van der Waals surface area contributed by atoms with Crippen molar-refractivity contribution >= 4 is 56.6 Å². The second-order valence-corrected chi connectivity index (χ2v) is 23.5. The van der Waals surface area contributed by atoms with E-state index in [9.17, 15) is 19.5 Å². The molecule has 382 valence electrons. The number of hydrogen-bond acceptors (Lipinski definition) is 13. The highest BCUT2D eigenvalue weighted by Crippen LogP contribution is 2.53. The van der Waals surface area contributed by atoms with E-state index in [1.807, 2.05) is 38.1 Å². The highest BCUT2D eigenvalue weighted by Gasteiger charge is 2.52. The second kappa shape index (κ2) is 17.6. The van der Waals surface area contributed by atoms with Crippen LogP contribution >= 0.6 is 0 Å². The lowest BCUT2D eigenvalue weighted by atomic mass is 9.60. The molecule has 3 amide bonds. The number of piperazine rings is 2. The van der Waals surface area contributed by atoms with Crippen molar-refractivity contribution in [3.8, 4) is 23.0 Å². The summed E-state index contributed by atoms with van der Waals surface area (Å²) in [6.07, 6.45) is 12.3. The Bertz CT molecular complexity index is 3050. The van der Waals surface area contributed by atoms with Crippen molar-refractivity contribution in [1.82, 2.24) is 35.4 Å². The van der Waals surface area contributed by atoms with Crippen LogP contribution in [0.15, 0.2) is 54.7 Å². The maximum absolute atomic E-state index is 17.2. The Morgan fingerprint density at radius 2 is 1.64 bits per heavy atom. The Hall–Kier alpha value is -5.97. The molecular weight excluding hydrogens is 924 g/mol. The molecular formula is C57H67FN10O5. The highest BCUT2D eigenvalue weighted by atomic mass is 19.1. The normalized spacial score (nSPS) is 25.7. The molecule has 1 spiro atoms. The summed E-state index contributed by atoms with van der Waals surface area (Å²) in [5, 5.41) is 19.2. The molecule has 73 heavy (non-hydrogen) atoms. The highest BCUT2D eigenvalue weighted by molar-refractivity contribution is 6.14. The number of ether oxygens (including phenoxy) is 1. The standard InChI is InChI=1S/C57H67FN10O5/c1-4-34-6-5-7-35-24-40(69)26-41(47(34)35)49-48(58)50-42(29-59-49)51(67-30-36-8-9-37(31-67)60-36)63-54(62-50)73-33-57(14-15-57)32-64-18-16-56(17-19-64)27-39(28-56)66-22-20-65(21-23-66)38-10-11-44-43(25-38)55(2,3)53(72)68(44)45-12-13-46(70)61-52(45)71/h5-7,10-11,24-26,29,36-37,39,45,60,69H,4,8-9,12-23,27-28,30-33H2,1-3H3,(H,61,70,71). The first-order chi connectivity index (χ1) is 35.3. The second-order valence-electron chi connectivity index (χ2n) is 23.5. The van der Waals surface area contributed by atoms with Gasteiger partial charge in [-0.15, -0.1) is 0 Å². The molecule has 2 aromatic heterocycles. The molecule has 15 nitrogen and oxygen atoms in total. The maximum atomic E-state index is 17.2. The first-order valence-corrected chi connectivity index (χ1v) is 27.0. The Morgan fingerprint density at radius 1 is 0.877 bits per heavy atom. The van der Waals surface area contributed by atoms with Gasteiger partial charge < -0.3 is 29.9 Å². The molecule has 2 bridgehead atoms. The summed E-state index contributed by atoms with van der Waals surface area (Å²) in [5.41, 5.74) is 4.46. The number of phenols is 1. The van der Waals surface area contributed by atoms with E-state index in [1.165, 1.54) is 25.7 Å². The maximum Gasteiger partial charge on any atom is 0.319 e. The number of imide groups is 1. The number of likely N-dealkylation sites (tertiary alicyclic amines) is 1. The molecule has 5 aromatic rings. The van der Waals surface area contributed by atoms with Crippen LogP contribution in [0.4, 0.5) is 21.6 Å². The SMILES string of the molecule is CCc1cccc2cc(O)cc(-c3ncc4c(N5CC6CCC(C5)N6)nc(OCC5(CN6CCC7(CC6)CC(N6CCN(c8ccc9c(c8)C(C)(C)C(=O)N9C8CCC(=O)NC8=O)CC6)C7)CC5)nc4c3F)c12. The molecule has 3 N–H and O–H groups in total. The number of carbonyl (C=O) groups is 3. The Balaban J connectivity index is 0.644. The summed E-state index contributed by atoms with van der Waals surface area (Å²) in [7, 11) is 0. The lowest BCUT2D eigenvalue weighted by molar-refractivity contribution is -0.136. The quantitative estimate of drug-likeness (QED) is 0.118. The van der Waals surface area contributed by atoms with Gasteiger partial charge in [-0.25, -0.2) is 4.39 Å². The fourth-order valence-electron chi connectivity index (χ4n) is 14.0. The van der Waals surface area contributed by atoms with Crippen LogP contribution in [0.5, 0.6) is 11.8 Å². The smallest absolute Gasteiger partial charge is 0.319 e. The van der Waals surface area contributed by atoms with Gasteiger partial charge in [-0.2, -0.15) is 9.97 Å². The van der Waals surface area contributed by atoms with Crippen molar-refractivity contribution in [3.63, 3.8) is 0 Å². The number of hydrogen-bond donors (Lipinski definition) is 3. The zero-order valence-electron chi connectivity index (χ0n) is 42.4. The molecule has 0 radical (unpaired) electrons. The average Bonchev–Trinajstić information content (AvgIpc) is 4.02. The third-order valence-corrected chi connectivity index (χ3v) is 18.5. The number of aromatic nitrogens is 3. The van der Waals surface area contributed by atoms with Crippen molar-refractivity contribution in [3.05, 3.63) is 71.7 Å². The van der Waals surface area contributed by atoms with Gasteiger partial charge in [-0.3, -0.25) is 34.5 Å². The van der Waals surface area contributed by atoms with Gasteiger partial charge in [0.1, 0.15) is 28.8 Å².